The number of hydrogen-bond acceptors (Lipinski definition) is 6. The Morgan fingerprint density at radius 2 is 1.70 bits per heavy atom. The average molecular weight is 541 g/mol. The van der Waals surface area contributed by atoms with Crippen LogP contribution in [0.5, 0.6) is 0 Å². The van der Waals surface area contributed by atoms with Crippen molar-refractivity contribution in [1.82, 2.24) is 4.90 Å². The number of rotatable bonds is 11. The van der Waals surface area contributed by atoms with Gasteiger partial charge in [0.2, 0.25) is 11.9 Å². The lowest BCUT2D eigenvalue weighted by molar-refractivity contribution is -0.498. The lowest BCUT2D eigenvalue weighted by Crippen LogP contribution is -2.39. The van der Waals surface area contributed by atoms with E-state index >= 15 is 0 Å². The standard InChI is InChI=1S/C31H32N4O5/c36-30(27-16-9-17-34(27)20-21-10-3-1-4-11-21)33-25-15-8-7-14-24(25)29(22-12-5-2-6-13-22)32-26(31(37)38)18-23-19-28(23)35(39)40/h1-8,10-15,23,26-28H,9,16-20H2,(H,33,36)(H,37,38)/t23-,26+,27+,28-/m1/s1. The second-order valence-electron chi connectivity index (χ2n) is 10.4. The highest BCUT2D eigenvalue weighted by molar-refractivity contribution is 6.17. The van der Waals surface area contributed by atoms with E-state index in [9.17, 15) is 24.8 Å². The van der Waals surface area contributed by atoms with Gasteiger partial charge >= 0.3 is 5.97 Å². The second kappa shape index (κ2) is 12.2. The summed E-state index contributed by atoms with van der Waals surface area (Å²) in [4.78, 5) is 43.4. The second-order valence-corrected chi connectivity index (χ2v) is 10.4. The maximum absolute atomic E-state index is 13.6. The van der Waals surface area contributed by atoms with Gasteiger partial charge in [-0.2, -0.15) is 0 Å². The van der Waals surface area contributed by atoms with Crippen molar-refractivity contribution in [2.24, 2.45) is 10.9 Å². The summed E-state index contributed by atoms with van der Waals surface area (Å²) in [7, 11) is 0. The molecule has 40 heavy (non-hydrogen) atoms. The molecule has 0 aromatic heterocycles. The van der Waals surface area contributed by atoms with Crippen LogP contribution in [0.1, 0.15) is 42.4 Å². The maximum atomic E-state index is 13.6. The number of likely N-dealkylation sites (tertiary alicyclic amines) is 1. The van der Waals surface area contributed by atoms with Crippen LogP contribution in [-0.4, -0.2) is 57.2 Å². The largest absolute Gasteiger partial charge is 0.480 e. The smallest absolute Gasteiger partial charge is 0.328 e. The summed E-state index contributed by atoms with van der Waals surface area (Å²) in [5.41, 5.74) is 3.41. The Morgan fingerprint density at radius 1 is 1.02 bits per heavy atom. The predicted molar refractivity (Wildman–Crippen MR) is 152 cm³/mol. The van der Waals surface area contributed by atoms with Crippen molar-refractivity contribution in [3.05, 3.63) is 112 Å². The summed E-state index contributed by atoms with van der Waals surface area (Å²) < 4.78 is 0. The number of carboxylic acids is 1. The number of aliphatic imine (C=N–C) groups is 1. The number of carboxylic acid groups (broad SMARTS) is 1. The molecule has 0 unspecified atom stereocenters. The van der Waals surface area contributed by atoms with Crippen LogP contribution in [0, 0.1) is 16.0 Å². The fraction of sp³-hybridized carbons (Fsp3) is 0.323. The Balaban J connectivity index is 1.42. The number of para-hydroxylation sites is 1. The lowest BCUT2D eigenvalue weighted by atomic mass is 9.99. The minimum atomic E-state index is -1.15. The van der Waals surface area contributed by atoms with E-state index in [1.165, 1.54) is 0 Å². The van der Waals surface area contributed by atoms with Crippen LogP contribution in [0.3, 0.4) is 0 Å². The van der Waals surface area contributed by atoms with Gasteiger partial charge in [-0.3, -0.25) is 24.8 Å². The van der Waals surface area contributed by atoms with Gasteiger partial charge in [-0.05, 0) is 37.4 Å². The van der Waals surface area contributed by atoms with Crippen LogP contribution in [0.25, 0.3) is 0 Å². The van der Waals surface area contributed by atoms with Crippen LogP contribution in [-0.2, 0) is 16.1 Å². The molecule has 2 aliphatic rings. The minimum absolute atomic E-state index is 0.0857. The Hall–Kier alpha value is -4.37. The fourth-order valence-electron chi connectivity index (χ4n) is 5.43. The molecule has 0 radical (unpaired) electrons. The summed E-state index contributed by atoms with van der Waals surface area (Å²) in [5.74, 6) is -1.56. The van der Waals surface area contributed by atoms with E-state index in [1.54, 1.807) is 6.07 Å². The predicted octanol–water partition coefficient (Wildman–Crippen LogP) is 4.64. The van der Waals surface area contributed by atoms with Gasteiger partial charge in [-0.1, -0.05) is 78.9 Å². The van der Waals surface area contributed by atoms with Crippen LogP contribution in [0.2, 0.25) is 0 Å². The third-order valence-corrected chi connectivity index (χ3v) is 7.63. The molecule has 2 fully saturated rings. The molecule has 206 valence electrons. The summed E-state index contributed by atoms with van der Waals surface area (Å²) >= 11 is 0. The lowest BCUT2D eigenvalue weighted by Gasteiger charge is -2.24. The molecule has 0 spiro atoms. The molecule has 1 saturated heterocycles. The van der Waals surface area contributed by atoms with E-state index < -0.39 is 18.1 Å². The molecule has 2 N–H and O–H groups in total. The number of nitrogens with zero attached hydrogens (tertiary/aromatic N) is 3. The van der Waals surface area contributed by atoms with Crippen molar-refractivity contribution in [3.63, 3.8) is 0 Å². The summed E-state index contributed by atoms with van der Waals surface area (Å²) in [6, 6.07) is 24.4. The zero-order valence-corrected chi connectivity index (χ0v) is 22.1. The third kappa shape index (κ3) is 6.43. The van der Waals surface area contributed by atoms with E-state index in [4.69, 9.17) is 0 Å². The number of nitrogens with one attached hydrogen (secondary N) is 1. The Kier molecular flexibility index (Phi) is 8.31. The summed E-state index contributed by atoms with van der Waals surface area (Å²) in [5, 5.41) is 24.2. The molecule has 1 aliphatic carbocycles. The first-order valence-electron chi connectivity index (χ1n) is 13.6. The van der Waals surface area contributed by atoms with Crippen molar-refractivity contribution in [2.75, 3.05) is 11.9 Å². The number of benzene rings is 3. The van der Waals surface area contributed by atoms with Gasteiger partial charge in [0.05, 0.1) is 17.4 Å². The molecule has 1 heterocycles. The monoisotopic (exact) mass is 540 g/mol. The number of aliphatic carboxylic acids is 1. The van der Waals surface area contributed by atoms with E-state index in [0.717, 1.165) is 24.9 Å². The van der Waals surface area contributed by atoms with Gasteiger partial charge < -0.3 is 10.4 Å². The number of anilines is 1. The van der Waals surface area contributed by atoms with Crippen molar-refractivity contribution in [2.45, 2.75) is 50.4 Å². The van der Waals surface area contributed by atoms with Crippen LogP contribution in [0.15, 0.2) is 89.9 Å². The quantitative estimate of drug-likeness (QED) is 0.207. The topological polar surface area (TPSA) is 125 Å². The molecule has 9 heteroatoms. The minimum Gasteiger partial charge on any atom is -0.480 e. The van der Waals surface area contributed by atoms with Gasteiger partial charge in [0.1, 0.15) is 6.04 Å². The molecule has 1 amide bonds. The van der Waals surface area contributed by atoms with Crippen molar-refractivity contribution < 1.29 is 19.6 Å². The van der Waals surface area contributed by atoms with Crippen LogP contribution < -0.4 is 5.32 Å². The van der Waals surface area contributed by atoms with Crippen LogP contribution in [0.4, 0.5) is 5.69 Å². The van der Waals surface area contributed by atoms with Crippen LogP contribution >= 0.6 is 0 Å². The number of amides is 1. The highest BCUT2D eigenvalue weighted by Gasteiger charge is 2.49. The molecule has 1 saturated carbocycles. The van der Waals surface area contributed by atoms with Crippen molar-refractivity contribution in [3.8, 4) is 0 Å². The van der Waals surface area contributed by atoms with Crippen molar-refractivity contribution >= 4 is 23.3 Å². The Morgan fingerprint density at radius 3 is 2.38 bits per heavy atom. The first-order valence-corrected chi connectivity index (χ1v) is 13.6. The zero-order valence-electron chi connectivity index (χ0n) is 22.1. The molecule has 1 aliphatic heterocycles. The van der Waals surface area contributed by atoms with Gasteiger partial charge in [-0.15, -0.1) is 0 Å². The maximum Gasteiger partial charge on any atom is 0.328 e. The van der Waals surface area contributed by atoms with Gasteiger partial charge in [0.25, 0.3) is 0 Å². The first kappa shape index (κ1) is 27.2. The van der Waals surface area contributed by atoms with Crippen molar-refractivity contribution in [1.29, 1.82) is 0 Å². The van der Waals surface area contributed by atoms with Gasteiger partial charge in [0.15, 0.2) is 0 Å². The molecule has 3 aromatic carbocycles. The van der Waals surface area contributed by atoms with Gasteiger partial charge in [-0.25, -0.2) is 4.79 Å². The van der Waals surface area contributed by atoms with E-state index in [2.05, 4.69) is 27.3 Å². The molecule has 0 bridgehead atoms. The average Bonchev–Trinajstić information content (AvgIpc) is 3.59. The number of carbonyl (C=O) groups excluding carboxylic acids is 1. The molecular weight excluding hydrogens is 508 g/mol. The zero-order chi connectivity index (χ0) is 28.1. The summed E-state index contributed by atoms with van der Waals surface area (Å²) in [6.07, 6.45) is 2.12. The highest BCUT2D eigenvalue weighted by atomic mass is 16.6. The van der Waals surface area contributed by atoms with E-state index in [-0.39, 0.29) is 29.2 Å². The number of nitro groups is 1. The number of hydrogen-bond donors (Lipinski definition) is 2. The molecule has 3 aromatic rings. The fourth-order valence-corrected chi connectivity index (χ4v) is 5.43. The first-order chi connectivity index (χ1) is 19.4. The van der Waals surface area contributed by atoms with E-state index in [1.807, 2.05) is 66.7 Å². The van der Waals surface area contributed by atoms with Gasteiger partial charge in [0, 0.05) is 34.9 Å². The molecular formula is C31H32N4O5. The Bertz CT molecular complexity index is 1400. The number of carbonyl (C=O) groups is 2. The Labute approximate surface area is 232 Å². The normalized spacial score (nSPS) is 21.5. The highest BCUT2D eigenvalue weighted by Crippen LogP contribution is 2.38. The molecule has 9 nitrogen and oxygen atoms in total. The summed E-state index contributed by atoms with van der Waals surface area (Å²) in [6.45, 7) is 1.52. The molecule has 5 rings (SSSR count). The SMILES string of the molecule is O=C(O)[C@H](C[C@@H]1C[C@H]1[N+](=O)[O-])N=C(c1ccccc1)c1ccccc1NC(=O)[C@@H]1CCCN1Cc1ccccc1. The van der Waals surface area contributed by atoms with E-state index in [0.29, 0.717) is 35.5 Å². The molecule has 4 atom stereocenters. The third-order valence-electron chi connectivity index (χ3n) is 7.63.